The summed E-state index contributed by atoms with van der Waals surface area (Å²) in [4.78, 5) is 0. The van der Waals surface area contributed by atoms with Gasteiger partial charge in [0.05, 0.1) is 6.10 Å². The monoisotopic (exact) mass is 180 g/mol. The van der Waals surface area contributed by atoms with Crippen molar-refractivity contribution in [2.45, 2.75) is 46.1 Å². The summed E-state index contributed by atoms with van der Waals surface area (Å²) in [5.74, 6) is 1.71. The Balaban J connectivity index is 2.11. The predicted octanol–water partition coefficient (Wildman–Crippen LogP) is 3.16. The minimum absolute atomic E-state index is 0.550. The second kappa shape index (κ2) is 3.45. The van der Waals surface area contributed by atoms with Gasteiger partial charge in [0.1, 0.15) is 0 Å². The van der Waals surface area contributed by atoms with E-state index >= 15 is 0 Å². The fraction of sp³-hybridized carbons (Fsp3) is 0.833. The van der Waals surface area contributed by atoms with Crippen LogP contribution in [0.25, 0.3) is 0 Å². The molecule has 1 heteroatoms. The summed E-state index contributed by atoms with van der Waals surface area (Å²) in [5, 5.41) is 0. The minimum atomic E-state index is 0.550. The van der Waals surface area contributed by atoms with E-state index in [9.17, 15) is 0 Å². The lowest BCUT2D eigenvalue weighted by molar-refractivity contribution is 0.0378. The van der Waals surface area contributed by atoms with E-state index in [1.807, 2.05) is 0 Å². The Hall–Kier alpha value is -0.300. The maximum atomic E-state index is 5.78. The molecule has 74 valence electrons. The smallest absolute Gasteiger partial charge is 0.0643 e. The molecule has 3 atom stereocenters. The molecule has 2 aliphatic carbocycles. The molecule has 0 radical (unpaired) electrons. The molecular formula is C12H20O. The maximum absolute atomic E-state index is 5.78. The third-order valence-electron chi connectivity index (χ3n) is 3.58. The fourth-order valence-corrected chi connectivity index (χ4v) is 3.07. The molecule has 0 heterocycles. The second-order valence-corrected chi connectivity index (χ2v) is 4.67. The molecule has 0 saturated heterocycles. The second-order valence-electron chi connectivity index (χ2n) is 4.67. The Morgan fingerprint density at radius 1 is 1.38 bits per heavy atom. The van der Waals surface area contributed by atoms with Gasteiger partial charge in [0, 0.05) is 12.5 Å². The summed E-state index contributed by atoms with van der Waals surface area (Å²) in [6, 6.07) is 0. The molecule has 0 N–H and O–H groups in total. The highest BCUT2D eigenvalue weighted by atomic mass is 16.5. The third-order valence-corrected chi connectivity index (χ3v) is 3.58. The van der Waals surface area contributed by atoms with Gasteiger partial charge in [-0.05, 0) is 46.0 Å². The van der Waals surface area contributed by atoms with Crippen molar-refractivity contribution in [1.29, 1.82) is 0 Å². The van der Waals surface area contributed by atoms with Gasteiger partial charge < -0.3 is 4.74 Å². The summed E-state index contributed by atoms with van der Waals surface area (Å²) in [5.41, 5.74) is 3.24. The molecule has 0 aromatic rings. The Labute approximate surface area is 81.2 Å². The molecule has 3 unspecified atom stereocenters. The number of hydrogen-bond donors (Lipinski definition) is 0. The lowest BCUT2D eigenvalue weighted by Crippen LogP contribution is -2.22. The van der Waals surface area contributed by atoms with E-state index < -0.39 is 0 Å². The van der Waals surface area contributed by atoms with Crippen molar-refractivity contribution in [2.75, 3.05) is 6.61 Å². The van der Waals surface area contributed by atoms with Crippen LogP contribution in [-0.4, -0.2) is 12.7 Å². The van der Waals surface area contributed by atoms with E-state index in [4.69, 9.17) is 4.74 Å². The van der Waals surface area contributed by atoms with Crippen LogP contribution in [0.3, 0.4) is 0 Å². The van der Waals surface area contributed by atoms with Gasteiger partial charge in [0.2, 0.25) is 0 Å². The van der Waals surface area contributed by atoms with Crippen LogP contribution in [0.4, 0.5) is 0 Å². The Morgan fingerprint density at radius 2 is 2.15 bits per heavy atom. The number of hydrogen-bond acceptors (Lipinski definition) is 1. The normalized spacial score (nSPS) is 37.2. The first kappa shape index (κ1) is 9.26. The Bertz CT molecular complexity index is 225. The highest BCUT2D eigenvalue weighted by Crippen LogP contribution is 2.50. The molecule has 2 rings (SSSR count). The first-order valence-electron chi connectivity index (χ1n) is 5.50. The van der Waals surface area contributed by atoms with Crippen molar-refractivity contribution < 1.29 is 4.74 Å². The molecule has 1 nitrogen and oxygen atoms in total. The van der Waals surface area contributed by atoms with Crippen LogP contribution < -0.4 is 0 Å². The van der Waals surface area contributed by atoms with Crippen molar-refractivity contribution in [3.05, 3.63) is 11.1 Å². The highest BCUT2D eigenvalue weighted by molar-refractivity contribution is 5.23. The third kappa shape index (κ3) is 1.54. The molecule has 0 amide bonds. The molecule has 13 heavy (non-hydrogen) atoms. The largest absolute Gasteiger partial charge is 0.378 e. The van der Waals surface area contributed by atoms with Crippen LogP contribution in [0.5, 0.6) is 0 Å². The average molecular weight is 180 g/mol. The van der Waals surface area contributed by atoms with E-state index in [0.29, 0.717) is 6.10 Å². The summed E-state index contributed by atoms with van der Waals surface area (Å²) in [7, 11) is 0. The lowest BCUT2D eigenvalue weighted by atomic mass is 9.89. The van der Waals surface area contributed by atoms with Crippen molar-refractivity contribution in [1.82, 2.24) is 0 Å². The number of fused-ring (bicyclic) bond motifs is 2. The van der Waals surface area contributed by atoms with Gasteiger partial charge in [-0.3, -0.25) is 0 Å². The highest BCUT2D eigenvalue weighted by Gasteiger charge is 2.43. The Morgan fingerprint density at radius 3 is 2.69 bits per heavy atom. The van der Waals surface area contributed by atoms with Crippen LogP contribution in [0.1, 0.15) is 40.0 Å². The van der Waals surface area contributed by atoms with Crippen LogP contribution >= 0.6 is 0 Å². The summed E-state index contributed by atoms with van der Waals surface area (Å²) < 4.78 is 5.78. The molecule has 0 aromatic carbocycles. The van der Waals surface area contributed by atoms with Gasteiger partial charge in [-0.25, -0.2) is 0 Å². The predicted molar refractivity (Wildman–Crippen MR) is 54.6 cm³/mol. The van der Waals surface area contributed by atoms with Gasteiger partial charge in [-0.15, -0.1) is 0 Å². The Kier molecular flexibility index (Phi) is 2.46. The standard InChI is InChI=1S/C12H20O/c1-4-13-12-7-9-5-10(8(2)3)11(12)6-9/h9,11-12H,4-7H2,1-3H3. The first-order valence-corrected chi connectivity index (χ1v) is 5.50. The van der Waals surface area contributed by atoms with Gasteiger partial charge in [0.25, 0.3) is 0 Å². The zero-order chi connectivity index (χ0) is 9.42. The average Bonchev–Trinajstić information content (AvgIpc) is 2.62. The van der Waals surface area contributed by atoms with E-state index in [-0.39, 0.29) is 0 Å². The van der Waals surface area contributed by atoms with Crippen LogP contribution in [-0.2, 0) is 4.74 Å². The maximum Gasteiger partial charge on any atom is 0.0643 e. The number of rotatable bonds is 2. The van der Waals surface area contributed by atoms with Crippen LogP contribution in [0.2, 0.25) is 0 Å². The van der Waals surface area contributed by atoms with Crippen molar-refractivity contribution in [2.24, 2.45) is 11.8 Å². The fourth-order valence-electron chi connectivity index (χ4n) is 3.07. The summed E-state index contributed by atoms with van der Waals surface area (Å²) in [6.45, 7) is 7.48. The molecule has 0 aromatic heterocycles. The number of ether oxygens (including phenoxy) is 1. The lowest BCUT2D eigenvalue weighted by Gasteiger charge is -2.25. The first-order chi connectivity index (χ1) is 6.22. The van der Waals surface area contributed by atoms with Crippen LogP contribution in [0, 0.1) is 11.8 Å². The molecule has 0 aliphatic heterocycles. The zero-order valence-corrected chi connectivity index (χ0v) is 8.97. The molecule has 0 spiro atoms. The summed E-state index contributed by atoms with van der Waals surface area (Å²) >= 11 is 0. The molecule has 2 bridgehead atoms. The van der Waals surface area contributed by atoms with Crippen molar-refractivity contribution in [3.63, 3.8) is 0 Å². The van der Waals surface area contributed by atoms with Crippen molar-refractivity contribution >= 4 is 0 Å². The zero-order valence-electron chi connectivity index (χ0n) is 8.97. The van der Waals surface area contributed by atoms with E-state index in [1.165, 1.54) is 24.8 Å². The molecule has 2 aliphatic rings. The van der Waals surface area contributed by atoms with Gasteiger partial charge >= 0.3 is 0 Å². The van der Waals surface area contributed by atoms with E-state index in [2.05, 4.69) is 20.8 Å². The summed E-state index contributed by atoms with van der Waals surface area (Å²) in [6.07, 6.45) is 4.62. The molecule has 2 saturated carbocycles. The topological polar surface area (TPSA) is 9.23 Å². The molecular weight excluding hydrogens is 160 g/mol. The van der Waals surface area contributed by atoms with Gasteiger partial charge in [-0.2, -0.15) is 0 Å². The van der Waals surface area contributed by atoms with Crippen molar-refractivity contribution in [3.8, 4) is 0 Å². The van der Waals surface area contributed by atoms with Crippen LogP contribution in [0.15, 0.2) is 11.1 Å². The van der Waals surface area contributed by atoms with Gasteiger partial charge in [0.15, 0.2) is 0 Å². The quantitative estimate of drug-likeness (QED) is 0.593. The minimum Gasteiger partial charge on any atom is -0.378 e. The number of allylic oxidation sites excluding steroid dienone is 1. The van der Waals surface area contributed by atoms with Gasteiger partial charge in [-0.1, -0.05) is 11.1 Å². The van der Waals surface area contributed by atoms with E-state index in [1.54, 1.807) is 5.57 Å². The molecule has 2 fully saturated rings. The van der Waals surface area contributed by atoms with E-state index in [0.717, 1.165) is 18.4 Å². The SMILES string of the molecule is CCOC1CC2CC(=C(C)C)C1C2.